The number of non-ortho nitro benzene ring substituents is 1. The maximum absolute atomic E-state index is 12.5. The van der Waals surface area contributed by atoms with Gasteiger partial charge < -0.3 is 4.98 Å². The molecule has 0 radical (unpaired) electrons. The van der Waals surface area contributed by atoms with Crippen molar-refractivity contribution in [3.63, 3.8) is 0 Å². The Hall–Kier alpha value is -3.35. The van der Waals surface area contributed by atoms with Gasteiger partial charge in [-0.3, -0.25) is 24.7 Å². The first-order valence-electron chi connectivity index (χ1n) is 6.42. The number of ketones is 1. The number of aromatic nitrogens is 2. The second-order valence-corrected chi connectivity index (χ2v) is 4.92. The van der Waals surface area contributed by atoms with E-state index >= 15 is 0 Å². The molecule has 0 aliphatic heterocycles. The van der Waals surface area contributed by atoms with Crippen LogP contribution < -0.4 is 5.56 Å². The third-order valence-corrected chi connectivity index (χ3v) is 3.73. The first-order chi connectivity index (χ1) is 10.6. The third kappa shape index (κ3) is 1.47. The van der Waals surface area contributed by atoms with Crippen LogP contribution in [-0.2, 0) is 0 Å². The largest absolute Gasteiger partial charge is 0.319 e. The first-order valence-corrected chi connectivity index (χ1v) is 6.42. The Labute approximate surface area is 122 Å². The Bertz CT molecular complexity index is 1050. The summed E-state index contributed by atoms with van der Waals surface area (Å²) in [6, 6.07) is 7.18. The maximum Gasteiger partial charge on any atom is 0.270 e. The molecule has 1 aromatic carbocycles. The number of nitro groups is 1. The highest BCUT2D eigenvalue weighted by atomic mass is 16.6. The summed E-state index contributed by atoms with van der Waals surface area (Å²) in [6.45, 7) is 0. The van der Waals surface area contributed by atoms with Crippen molar-refractivity contribution in [1.82, 2.24) is 9.97 Å². The summed E-state index contributed by atoms with van der Waals surface area (Å²) in [5.74, 6) is -0.242. The number of fused-ring (bicyclic) bond motifs is 5. The van der Waals surface area contributed by atoms with Gasteiger partial charge in [0.2, 0.25) is 0 Å². The topological polar surface area (TPSA) is 106 Å². The van der Waals surface area contributed by atoms with Crippen LogP contribution in [0.1, 0.15) is 15.9 Å². The number of hydrogen-bond acceptors (Lipinski definition) is 5. The summed E-state index contributed by atoms with van der Waals surface area (Å²) in [6.07, 6.45) is 1.54. The molecule has 7 heteroatoms. The average molecular weight is 293 g/mol. The van der Waals surface area contributed by atoms with Crippen LogP contribution in [0.2, 0.25) is 0 Å². The lowest BCUT2D eigenvalue weighted by Crippen LogP contribution is -2.10. The summed E-state index contributed by atoms with van der Waals surface area (Å²) in [4.78, 5) is 41.8. The van der Waals surface area contributed by atoms with Crippen LogP contribution in [0.4, 0.5) is 5.69 Å². The number of nitro benzene ring substituents is 1. The molecular formula is C15H7N3O4. The van der Waals surface area contributed by atoms with Crippen molar-refractivity contribution in [2.24, 2.45) is 0 Å². The number of rotatable bonds is 1. The molecule has 22 heavy (non-hydrogen) atoms. The fourth-order valence-corrected chi connectivity index (χ4v) is 2.77. The lowest BCUT2D eigenvalue weighted by molar-refractivity contribution is -0.384. The molecule has 2 heterocycles. The van der Waals surface area contributed by atoms with Gasteiger partial charge in [0.1, 0.15) is 0 Å². The minimum atomic E-state index is -0.579. The summed E-state index contributed by atoms with van der Waals surface area (Å²) in [5.41, 5.74) is 0.867. The van der Waals surface area contributed by atoms with Gasteiger partial charge in [-0.25, -0.2) is 0 Å². The van der Waals surface area contributed by atoms with Gasteiger partial charge in [-0.05, 0) is 18.2 Å². The van der Waals surface area contributed by atoms with Crippen molar-refractivity contribution in [3.05, 3.63) is 68.1 Å². The molecule has 0 atom stereocenters. The molecule has 106 valence electrons. The zero-order valence-corrected chi connectivity index (χ0v) is 11.0. The normalized spacial score (nSPS) is 12.3. The van der Waals surface area contributed by atoms with Gasteiger partial charge in [0.25, 0.3) is 11.2 Å². The number of pyridine rings is 2. The smallest absolute Gasteiger partial charge is 0.270 e. The SMILES string of the molecule is O=C1c2cccnc2-c2[nH]c(=O)c3cc([N+](=O)[O-])ccc3c21. The van der Waals surface area contributed by atoms with E-state index in [-0.39, 0.29) is 16.9 Å². The van der Waals surface area contributed by atoms with Gasteiger partial charge in [-0.1, -0.05) is 0 Å². The summed E-state index contributed by atoms with van der Waals surface area (Å²) in [7, 11) is 0. The van der Waals surface area contributed by atoms with Gasteiger partial charge in [-0.2, -0.15) is 0 Å². The standard InChI is InChI=1S/C15H7N3O4/c19-14-9-2-1-5-16-12(9)13-11(14)8-4-3-7(18(21)22)6-10(8)15(20)17-13/h1-6H,(H,17,20). The van der Waals surface area contributed by atoms with Crippen LogP contribution in [0.5, 0.6) is 0 Å². The highest BCUT2D eigenvalue weighted by molar-refractivity contribution is 6.26. The molecule has 4 rings (SSSR count). The van der Waals surface area contributed by atoms with Crippen molar-refractivity contribution in [3.8, 4) is 11.4 Å². The first kappa shape index (κ1) is 12.4. The molecule has 0 fully saturated rings. The van der Waals surface area contributed by atoms with E-state index < -0.39 is 10.5 Å². The molecule has 0 spiro atoms. The minimum absolute atomic E-state index is 0.120. The van der Waals surface area contributed by atoms with Crippen LogP contribution in [0, 0.1) is 10.1 Å². The summed E-state index contributed by atoms with van der Waals surface area (Å²) >= 11 is 0. The Morgan fingerprint density at radius 2 is 1.95 bits per heavy atom. The van der Waals surface area contributed by atoms with E-state index in [2.05, 4.69) is 9.97 Å². The van der Waals surface area contributed by atoms with E-state index in [0.717, 1.165) is 0 Å². The zero-order valence-electron chi connectivity index (χ0n) is 11.0. The molecular weight excluding hydrogens is 286 g/mol. The van der Waals surface area contributed by atoms with Crippen LogP contribution in [0.3, 0.4) is 0 Å². The highest BCUT2D eigenvalue weighted by Gasteiger charge is 2.31. The molecule has 0 amide bonds. The zero-order chi connectivity index (χ0) is 15.4. The van der Waals surface area contributed by atoms with Crippen LogP contribution in [-0.4, -0.2) is 20.7 Å². The maximum atomic E-state index is 12.5. The molecule has 1 aliphatic carbocycles. The van der Waals surface area contributed by atoms with E-state index in [9.17, 15) is 19.7 Å². The van der Waals surface area contributed by atoms with Gasteiger partial charge in [-0.15, -0.1) is 0 Å². The van der Waals surface area contributed by atoms with E-state index in [1.807, 2.05) is 0 Å². The summed E-state index contributed by atoms with van der Waals surface area (Å²) < 4.78 is 0. The van der Waals surface area contributed by atoms with Crippen molar-refractivity contribution in [2.75, 3.05) is 0 Å². The predicted molar refractivity (Wildman–Crippen MR) is 77.9 cm³/mol. The molecule has 1 N–H and O–H groups in total. The highest BCUT2D eigenvalue weighted by Crippen LogP contribution is 2.36. The number of nitrogens with zero attached hydrogens (tertiary/aromatic N) is 2. The molecule has 0 unspecified atom stereocenters. The van der Waals surface area contributed by atoms with Crippen molar-refractivity contribution >= 4 is 22.2 Å². The van der Waals surface area contributed by atoms with Crippen molar-refractivity contribution in [1.29, 1.82) is 0 Å². The molecule has 7 nitrogen and oxygen atoms in total. The lowest BCUT2D eigenvalue weighted by Gasteiger charge is -2.03. The molecule has 0 saturated carbocycles. The van der Waals surface area contributed by atoms with Crippen LogP contribution >= 0.6 is 0 Å². The Morgan fingerprint density at radius 3 is 2.73 bits per heavy atom. The molecule has 1 aliphatic rings. The van der Waals surface area contributed by atoms with E-state index in [4.69, 9.17) is 0 Å². The number of carbonyl (C=O) groups excluding carboxylic acids is 1. The number of hydrogen-bond donors (Lipinski definition) is 1. The van der Waals surface area contributed by atoms with Gasteiger partial charge in [0.15, 0.2) is 5.78 Å². The fourth-order valence-electron chi connectivity index (χ4n) is 2.77. The second kappa shape index (κ2) is 4.08. The Kier molecular flexibility index (Phi) is 2.30. The quantitative estimate of drug-likeness (QED) is 0.427. The third-order valence-electron chi connectivity index (χ3n) is 3.73. The van der Waals surface area contributed by atoms with Crippen molar-refractivity contribution in [2.45, 2.75) is 0 Å². The molecule has 0 bridgehead atoms. The molecule has 2 aromatic heterocycles. The minimum Gasteiger partial charge on any atom is -0.319 e. The number of nitrogens with one attached hydrogen (secondary N) is 1. The van der Waals surface area contributed by atoms with Gasteiger partial charge >= 0.3 is 0 Å². The fraction of sp³-hybridized carbons (Fsp3) is 0. The number of H-pyrrole nitrogens is 1. The average Bonchev–Trinajstić information content (AvgIpc) is 2.80. The van der Waals surface area contributed by atoms with Crippen LogP contribution in [0.25, 0.3) is 22.2 Å². The Balaban J connectivity index is 2.14. The number of benzene rings is 1. The number of aromatic amines is 1. The lowest BCUT2D eigenvalue weighted by atomic mass is 10.0. The van der Waals surface area contributed by atoms with E-state index in [1.165, 1.54) is 18.2 Å². The number of carbonyl (C=O) groups is 1. The Morgan fingerprint density at radius 1 is 1.14 bits per heavy atom. The van der Waals surface area contributed by atoms with Gasteiger partial charge in [0, 0.05) is 23.7 Å². The second-order valence-electron chi connectivity index (χ2n) is 4.92. The summed E-state index contributed by atoms with van der Waals surface area (Å²) in [5, 5.41) is 11.4. The molecule has 0 saturated heterocycles. The monoisotopic (exact) mass is 293 g/mol. The van der Waals surface area contributed by atoms with E-state index in [1.54, 1.807) is 18.3 Å². The molecule has 3 aromatic rings. The van der Waals surface area contributed by atoms with Gasteiger partial charge in [0.05, 0.1) is 32.8 Å². The predicted octanol–water partition coefficient (Wildman–Crippen LogP) is 2.04. The van der Waals surface area contributed by atoms with Crippen LogP contribution in [0.15, 0.2) is 41.3 Å². The van der Waals surface area contributed by atoms with E-state index in [0.29, 0.717) is 27.9 Å². The van der Waals surface area contributed by atoms with Crippen molar-refractivity contribution < 1.29 is 9.72 Å².